The van der Waals surface area contributed by atoms with Gasteiger partial charge in [0.2, 0.25) is 11.8 Å². The first-order valence-corrected chi connectivity index (χ1v) is 11.3. The van der Waals surface area contributed by atoms with Gasteiger partial charge in [0.1, 0.15) is 29.1 Å². The van der Waals surface area contributed by atoms with E-state index in [0.717, 1.165) is 6.07 Å². The van der Waals surface area contributed by atoms with Gasteiger partial charge in [-0.25, -0.2) is 18.7 Å². The number of amides is 2. The Hall–Kier alpha value is -4.86. The average molecular weight is 502 g/mol. The SMILES string of the molecule is O=C(Nc1ccc(F)cc1)C1(C(=O)Nc2ccc(Oc3ccc(O)c(-c4ccncn4)c3)c(F)c2)CC1. The number of hydrogen-bond acceptors (Lipinski definition) is 6. The molecule has 1 aliphatic carbocycles. The lowest BCUT2D eigenvalue weighted by Gasteiger charge is -2.16. The molecule has 0 unspecified atom stereocenters. The monoisotopic (exact) mass is 502 g/mol. The number of halogens is 2. The standard InChI is InChI=1S/C27H20F2N4O4/c28-16-1-3-17(4-2-16)32-25(35)27(10-11-27)26(36)33-18-5-8-24(21(29)13-18)37-19-6-7-23(34)20(14-19)22-9-12-30-15-31-22/h1-9,12-15,34H,10-11H2,(H,32,35)(H,33,36). The molecule has 1 fully saturated rings. The van der Waals surface area contributed by atoms with E-state index in [0.29, 0.717) is 29.8 Å². The van der Waals surface area contributed by atoms with Crippen molar-refractivity contribution in [3.05, 3.63) is 90.9 Å². The van der Waals surface area contributed by atoms with E-state index in [9.17, 15) is 23.5 Å². The fourth-order valence-corrected chi connectivity index (χ4v) is 3.74. The largest absolute Gasteiger partial charge is 0.507 e. The molecule has 0 aliphatic heterocycles. The molecule has 3 aromatic carbocycles. The van der Waals surface area contributed by atoms with Crippen molar-refractivity contribution in [2.45, 2.75) is 12.8 Å². The Labute approximate surface area is 210 Å². The number of aromatic nitrogens is 2. The lowest BCUT2D eigenvalue weighted by Crippen LogP contribution is -2.35. The third kappa shape index (κ3) is 5.08. The van der Waals surface area contributed by atoms with E-state index in [1.54, 1.807) is 6.07 Å². The lowest BCUT2D eigenvalue weighted by molar-refractivity contribution is -0.131. The number of hydrogen-bond donors (Lipinski definition) is 3. The normalized spacial score (nSPS) is 13.5. The summed E-state index contributed by atoms with van der Waals surface area (Å²) < 4.78 is 33.6. The molecule has 0 radical (unpaired) electrons. The number of phenols is 1. The Balaban J connectivity index is 1.27. The van der Waals surface area contributed by atoms with Crippen molar-refractivity contribution in [3.8, 4) is 28.5 Å². The summed E-state index contributed by atoms with van der Waals surface area (Å²) in [5.41, 5.74) is 0.105. The van der Waals surface area contributed by atoms with Crippen LogP contribution in [0.1, 0.15) is 12.8 Å². The van der Waals surface area contributed by atoms with E-state index in [-0.39, 0.29) is 22.9 Å². The van der Waals surface area contributed by atoms with Gasteiger partial charge in [-0.1, -0.05) is 0 Å². The van der Waals surface area contributed by atoms with Crippen molar-refractivity contribution < 1.29 is 28.2 Å². The minimum atomic E-state index is -1.27. The maximum atomic E-state index is 14.8. The number of anilines is 2. The minimum absolute atomic E-state index is 0.0259. The number of carbonyl (C=O) groups is 2. The number of nitrogens with one attached hydrogen (secondary N) is 2. The van der Waals surface area contributed by atoms with Crippen LogP contribution in [0.3, 0.4) is 0 Å². The molecule has 0 saturated heterocycles. The zero-order chi connectivity index (χ0) is 26.0. The van der Waals surface area contributed by atoms with Crippen molar-refractivity contribution in [3.63, 3.8) is 0 Å². The minimum Gasteiger partial charge on any atom is -0.507 e. The second-order valence-corrected chi connectivity index (χ2v) is 8.52. The number of benzene rings is 3. The number of phenolic OH excluding ortho intramolecular Hbond substituents is 1. The molecule has 0 bridgehead atoms. The summed E-state index contributed by atoms with van der Waals surface area (Å²) in [5, 5.41) is 15.4. The van der Waals surface area contributed by atoms with Gasteiger partial charge in [0.25, 0.3) is 0 Å². The molecule has 5 rings (SSSR count). The van der Waals surface area contributed by atoms with Crippen LogP contribution in [-0.4, -0.2) is 26.9 Å². The van der Waals surface area contributed by atoms with Gasteiger partial charge in [-0.3, -0.25) is 9.59 Å². The summed E-state index contributed by atoms with van der Waals surface area (Å²) >= 11 is 0. The maximum Gasteiger partial charge on any atom is 0.240 e. The van der Waals surface area contributed by atoms with Gasteiger partial charge in [0.15, 0.2) is 11.6 Å². The van der Waals surface area contributed by atoms with Gasteiger partial charge in [-0.2, -0.15) is 0 Å². The number of carbonyl (C=O) groups excluding carboxylic acids is 2. The predicted octanol–water partition coefficient (Wildman–Crippen LogP) is 5.28. The molecule has 4 aromatic rings. The van der Waals surface area contributed by atoms with Crippen LogP contribution in [0, 0.1) is 17.0 Å². The maximum absolute atomic E-state index is 14.8. The van der Waals surface area contributed by atoms with Crippen molar-refractivity contribution in [2.75, 3.05) is 10.6 Å². The third-order valence-corrected chi connectivity index (χ3v) is 5.96. The summed E-state index contributed by atoms with van der Waals surface area (Å²) in [6.07, 6.45) is 3.55. The second-order valence-electron chi connectivity index (χ2n) is 8.52. The molecule has 37 heavy (non-hydrogen) atoms. The topological polar surface area (TPSA) is 113 Å². The molecule has 8 nitrogen and oxygen atoms in total. The van der Waals surface area contributed by atoms with Crippen molar-refractivity contribution in [2.24, 2.45) is 5.41 Å². The van der Waals surface area contributed by atoms with Crippen molar-refractivity contribution in [1.82, 2.24) is 9.97 Å². The van der Waals surface area contributed by atoms with Crippen LogP contribution in [-0.2, 0) is 9.59 Å². The van der Waals surface area contributed by atoms with E-state index < -0.39 is 28.9 Å². The highest BCUT2D eigenvalue weighted by atomic mass is 19.1. The molecule has 0 atom stereocenters. The molecular formula is C27H20F2N4O4. The summed E-state index contributed by atoms with van der Waals surface area (Å²) in [6.45, 7) is 0. The predicted molar refractivity (Wildman–Crippen MR) is 131 cm³/mol. The Morgan fingerprint density at radius 2 is 1.59 bits per heavy atom. The molecule has 2 amide bonds. The second kappa shape index (κ2) is 9.65. The highest BCUT2D eigenvalue weighted by molar-refractivity contribution is 6.16. The fraction of sp³-hybridized carbons (Fsp3) is 0.111. The molecule has 10 heteroatoms. The Bertz CT molecular complexity index is 1480. The Morgan fingerprint density at radius 1 is 0.892 bits per heavy atom. The van der Waals surface area contributed by atoms with Gasteiger partial charge in [0.05, 0.1) is 5.69 Å². The first-order valence-electron chi connectivity index (χ1n) is 11.3. The van der Waals surface area contributed by atoms with Gasteiger partial charge in [-0.05, 0) is 73.5 Å². The highest BCUT2D eigenvalue weighted by Gasteiger charge is 2.56. The highest BCUT2D eigenvalue weighted by Crippen LogP contribution is 2.47. The first kappa shape index (κ1) is 23.9. The zero-order valence-corrected chi connectivity index (χ0v) is 19.2. The third-order valence-electron chi connectivity index (χ3n) is 5.96. The Morgan fingerprint density at radius 3 is 2.24 bits per heavy atom. The van der Waals surface area contributed by atoms with Gasteiger partial charge >= 0.3 is 0 Å². The van der Waals surface area contributed by atoms with Crippen LogP contribution in [0.5, 0.6) is 17.2 Å². The number of nitrogens with zero attached hydrogens (tertiary/aromatic N) is 2. The van der Waals surface area contributed by atoms with Gasteiger partial charge in [-0.15, -0.1) is 0 Å². The molecule has 1 aliphatic rings. The molecular weight excluding hydrogens is 482 g/mol. The lowest BCUT2D eigenvalue weighted by atomic mass is 10.0. The first-order chi connectivity index (χ1) is 17.8. The molecule has 3 N–H and O–H groups in total. The quantitative estimate of drug-likeness (QED) is 0.297. The van der Waals surface area contributed by atoms with E-state index >= 15 is 0 Å². The van der Waals surface area contributed by atoms with Crippen LogP contribution in [0.4, 0.5) is 20.2 Å². The van der Waals surface area contributed by atoms with Crippen LogP contribution in [0.15, 0.2) is 79.3 Å². The van der Waals surface area contributed by atoms with Gasteiger partial charge in [0, 0.05) is 29.2 Å². The molecule has 0 spiro atoms. The van der Waals surface area contributed by atoms with E-state index in [4.69, 9.17) is 4.74 Å². The van der Waals surface area contributed by atoms with Crippen LogP contribution < -0.4 is 15.4 Å². The Kier molecular flexibility index (Phi) is 6.22. The van der Waals surface area contributed by atoms with Gasteiger partial charge < -0.3 is 20.5 Å². The van der Waals surface area contributed by atoms with Crippen molar-refractivity contribution >= 4 is 23.2 Å². The average Bonchev–Trinajstić information content (AvgIpc) is 3.71. The number of rotatable bonds is 7. The molecule has 186 valence electrons. The van der Waals surface area contributed by atoms with Crippen molar-refractivity contribution in [1.29, 1.82) is 0 Å². The van der Waals surface area contributed by atoms with E-state index in [1.807, 2.05) is 0 Å². The summed E-state index contributed by atoms with van der Waals surface area (Å²) in [5.74, 6) is -2.12. The molecule has 1 saturated carbocycles. The van der Waals surface area contributed by atoms with Crippen LogP contribution in [0.25, 0.3) is 11.3 Å². The van der Waals surface area contributed by atoms with E-state index in [1.165, 1.54) is 67.1 Å². The summed E-state index contributed by atoms with van der Waals surface area (Å²) in [7, 11) is 0. The smallest absolute Gasteiger partial charge is 0.240 e. The zero-order valence-electron chi connectivity index (χ0n) is 19.2. The number of ether oxygens (including phenoxy) is 1. The summed E-state index contributed by atoms with van der Waals surface area (Å²) in [6, 6.07) is 15.1. The molecule has 1 heterocycles. The number of aromatic hydroxyl groups is 1. The fourth-order valence-electron chi connectivity index (χ4n) is 3.74. The van der Waals surface area contributed by atoms with Crippen LogP contribution >= 0.6 is 0 Å². The van der Waals surface area contributed by atoms with E-state index in [2.05, 4.69) is 20.6 Å². The van der Waals surface area contributed by atoms with Crippen LogP contribution in [0.2, 0.25) is 0 Å². The summed E-state index contributed by atoms with van der Waals surface area (Å²) in [4.78, 5) is 33.5. The molecule has 1 aromatic heterocycles.